The predicted molar refractivity (Wildman–Crippen MR) is 100 cm³/mol. The monoisotopic (exact) mass is 359 g/mol. The van der Waals surface area contributed by atoms with Crippen LogP contribution in [0.1, 0.15) is 16.7 Å². The molecule has 1 heterocycles. The molecule has 1 amide bonds. The molecule has 0 bridgehead atoms. The predicted octanol–water partition coefficient (Wildman–Crippen LogP) is 2.33. The number of hydrogen-bond donors (Lipinski definition) is 1. The van der Waals surface area contributed by atoms with Gasteiger partial charge in [0.15, 0.2) is 6.61 Å². The first-order valence-electron chi connectivity index (χ1n) is 8.24. The van der Waals surface area contributed by atoms with E-state index in [-0.39, 0.29) is 12.5 Å². The fourth-order valence-corrected chi connectivity index (χ4v) is 2.29. The Balaban J connectivity index is 1.44. The Hall–Kier alpha value is -3.92. The molecule has 1 aromatic heterocycles. The number of nitriles is 1. The molecule has 0 unspecified atom stereocenters. The van der Waals surface area contributed by atoms with E-state index in [0.29, 0.717) is 17.9 Å². The molecule has 3 aromatic rings. The van der Waals surface area contributed by atoms with Gasteiger partial charge in [-0.25, -0.2) is 5.43 Å². The first-order chi connectivity index (χ1) is 13.2. The lowest BCUT2D eigenvalue weighted by atomic mass is 10.2. The van der Waals surface area contributed by atoms with Crippen LogP contribution in [-0.4, -0.2) is 28.5 Å². The molecule has 3 rings (SSSR count). The first kappa shape index (κ1) is 17.9. The Kier molecular flexibility index (Phi) is 5.94. The molecule has 7 nitrogen and oxygen atoms in total. The Bertz CT molecular complexity index is 956. The molecule has 27 heavy (non-hydrogen) atoms. The summed E-state index contributed by atoms with van der Waals surface area (Å²) in [7, 11) is 0. The molecule has 134 valence electrons. The van der Waals surface area contributed by atoms with E-state index in [1.165, 1.54) is 6.21 Å². The van der Waals surface area contributed by atoms with E-state index < -0.39 is 0 Å². The maximum atomic E-state index is 11.8. The summed E-state index contributed by atoms with van der Waals surface area (Å²) in [6.45, 7) is 0.496. The normalized spacial score (nSPS) is 10.5. The fourth-order valence-electron chi connectivity index (χ4n) is 2.29. The third-order valence-corrected chi connectivity index (χ3v) is 3.60. The van der Waals surface area contributed by atoms with Crippen molar-refractivity contribution in [2.75, 3.05) is 6.61 Å². The number of ether oxygens (including phenoxy) is 1. The summed E-state index contributed by atoms with van der Waals surface area (Å²) in [5, 5.41) is 16.9. The molecule has 1 N–H and O–H groups in total. The average Bonchev–Trinajstić information content (AvgIpc) is 3.14. The van der Waals surface area contributed by atoms with Crippen LogP contribution in [0.15, 0.2) is 72.1 Å². The number of carbonyl (C=O) groups is 1. The lowest BCUT2D eigenvalue weighted by Gasteiger charge is -2.04. The van der Waals surface area contributed by atoms with Crippen LogP contribution in [0.3, 0.4) is 0 Å². The second-order valence-electron chi connectivity index (χ2n) is 5.67. The molecule has 0 saturated heterocycles. The smallest absolute Gasteiger partial charge is 0.277 e. The lowest BCUT2D eigenvalue weighted by Crippen LogP contribution is -2.24. The number of carbonyl (C=O) groups excluding carboxylic acids is 1. The maximum absolute atomic E-state index is 11.8. The van der Waals surface area contributed by atoms with E-state index in [1.54, 1.807) is 35.1 Å². The maximum Gasteiger partial charge on any atom is 0.277 e. The molecular weight excluding hydrogens is 342 g/mol. The van der Waals surface area contributed by atoms with Crippen LogP contribution in [-0.2, 0) is 11.3 Å². The van der Waals surface area contributed by atoms with Crippen molar-refractivity contribution in [1.29, 1.82) is 5.26 Å². The molecule has 7 heteroatoms. The largest absolute Gasteiger partial charge is 0.484 e. The zero-order chi connectivity index (χ0) is 18.9. The molecule has 0 aliphatic carbocycles. The van der Waals surface area contributed by atoms with Crippen LogP contribution in [0.2, 0.25) is 0 Å². The highest BCUT2D eigenvalue weighted by Gasteiger charge is 2.02. The van der Waals surface area contributed by atoms with E-state index >= 15 is 0 Å². The van der Waals surface area contributed by atoms with Gasteiger partial charge in [0.2, 0.25) is 0 Å². The summed E-state index contributed by atoms with van der Waals surface area (Å²) in [5.74, 6) is 0.127. The van der Waals surface area contributed by atoms with Crippen molar-refractivity contribution >= 4 is 12.1 Å². The molecule has 0 aliphatic heterocycles. The van der Waals surface area contributed by atoms with E-state index in [2.05, 4.69) is 15.6 Å². The number of aromatic nitrogens is 2. The van der Waals surface area contributed by atoms with Gasteiger partial charge in [-0.2, -0.15) is 15.5 Å². The Morgan fingerprint density at radius 2 is 2.00 bits per heavy atom. The number of hydrazone groups is 1. The van der Waals surface area contributed by atoms with Gasteiger partial charge in [0.05, 0.1) is 30.6 Å². The van der Waals surface area contributed by atoms with Crippen molar-refractivity contribution in [2.24, 2.45) is 5.10 Å². The average molecular weight is 359 g/mol. The van der Waals surface area contributed by atoms with Crippen molar-refractivity contribution < 1.29 is 9.53 Å². The zero-order valence-corrected chi connectivity index (χ0v) is 14.4. The highest BCUT2D eigenvalue weighted by atomic mass is 16.5. The molecule has 0 radical (unpaired) electrons. The summed E-state index contributed by atoms with van der Waals surface area (Å²) >= 11 is 0. The van der Waals surface area contributed by atoms with Crippen LogP contribution in [0.25, 0.3) is 0 Å². The highest BCUT2D eigenvalue weighted by Crippen LogP contribution is 2.11. The SMILES string of the molecule is N#Cc1ccc(OCC(=O)N/N=C\c2cnn(Cc3ccccc3)c2)cc1. The third kappa shape index (κ3) is 5.54. The third-order valence-electron chi connectivity index (χ3n) is 3.60. The minimum absolute atomic E-state index is 0.170. The van der Waals surface area contributed by atoms with E-state index in [0.717, 1.165) is 11.1 Å². The van der Waals surface area contributed by atoms with Gasteiger partial charge >= 0.3 is 0 Å². The number of benzene rings is 2. The highest BCUT2D eigenvalue weighted by molar-refractivity contribution is 5.82. The van der Waals surface area contributed by atoms with Crippen LogP contribution in [0, 0.1) is 11.3 Å². The number of rotatable bonds is 7. The van der Waals surface area contributed by atoms with Gasteiger partial charge in [-0.05, 0) is 29.8 Å². The van der Waals surface area contributed by atoms with Crippen LogP contribution in [0.4, 0.5) is 0 Å². The Morgan fingerprint density at radius 3 is 2.74 bits per heavy atom. The Labute approximate surface area is 156 Å². The minimum atomic E-state index is -0.382. The van der Waals surface area contributed by atoms with E-state index in [9.17, 15) is 4.79 Å². The molecule has 0 saturated carbocycles. The van der Waals surface area contributed by atoms with Crippen molar-refractivity contribution in [3.05, 3.63) is 83.7 Å². The van der Waals surface area contributed by atoms with Gasteiger partial charge in [0.1, 0.15) is 5.75 Å². The molecule has 0 atom stereocenters. The second-order valence-corrected chi connectivity index (χ2v) is 5.67. The van der Waals surface area contributed by atoms with Crippen LogP contribution >= 0.6 is 0 Å². The lowest BCUT2D eigenvalue weighted by molar-refractivity contribution is -0.123. The van der Waals surface area contributed by atoms with Crippen LogP contribution in [0.5, 0.6) is 5.75 Å². The van der Waals surface area contributed by atoms with Crippen molar-refractivity contribution in [1.82, 2.24) is 15.2 Å². The standard InChI is InChI=1S/C20H17N5O2/c21-10-16-6-8-19(9-7-16)27-15-20(26)24-22-11-18-12-23-25(14-18)13-17-4-2-1-3-5-17/h1-9,11-12,14H,13,15H2,(H,24,26)/b22-11-. The van der Waals surface area contributed by atoms with Crippen LogP contribution < -0.4 is 10.2 Å². The summed E-state index contributed by atoms with van der Waals surface area (Å²) in [4.78, 5) is 11.8. The van der Waals surface area contributed by atoms with Crippen molar-refractivity contribution in [3.8, 4) is 11.8 Å². The van der Waals surface area contributed by atoms with Gasteiger partial charge < -0.3 is 4.74 Å². The van der Waals surface area contributed by atoms with Gasteiger partial charge in [0.25, 0.3) is 5.91 Å². The van der Waals surface area contributed by atoms with Gasteiger partial charge in [0, 0.05) is 11.8 Å². The van der Waals surface area contributed by atoms with E-state index in [4.69, 9.17) is 10.00 Å². The quantitative estimate of drug-likeness (QED) is 0.518. The molecule has 0 fully saturated rings. The number of nitrogens with zero attached hydrogens (tertiary/aromatic N) is 4. The number of hydrogen-bond acceptors (Lipinski definition) is 5. The second kappa shape index (κ2) is 8.97. The first-order valence-corrected chi connectivity index (χ1v) is 8.24. The van der Waals surface area contributed by atoms with Gasteiger partial charge in [-0.15, -0.1) is 0 Å². The summed E-state index contributed by atoms with van der Waals surface area (Å²) in [6, 6.07) is 18.5. The summed E-state index contributed by atoms with van der Waals surface area (Å²) < 4.78 is 7.13. The topological polar surface area (TPSA) is 92.3 Å². The Morgan fingerprint density at radius 1 is 1.22 bits per heavy atom. The molecule has 0 spiro atoms. The van der Waals surface area contributed by atoms with Crippen molar-refractivity contribution in [3.63, 3.8) is 0 Å². The summed E-state index contributed by atoms with van der Waals surface area (Å²) in [5.41, 5.74) is 4.86. The number of nitrogens with one attached hydrogen (secondary N) is 1. The van der Waals surface area contributed by atoms with Crippen molar-refractivity contribution in [2.45, 2.75) is 6.54 Å². The van der Waals surface area contributed by atoms with Gasteiger partial charge in [-0.3, -0.25) is 9.48 Å². The number of amides is 1. The molecule has 0 aliphatic rings. The summed E-state index contributed by atoms with van der Waals surface area (Å²) in [6.07, 6.45) is 5.04. The fraction of sp³-hybridized carbons (Fsp3) is 0.100. The zero-order valence-electron chi connectivity index (χ0n) is 14.4. The molecular formula is C20H17N5O2. The molecule has 2 aromatic carbocycles. The van der Waals surface area contributed by atoms with E-state index in [1.807, 2.05) is 42.6 Å². The van der Waals surface area contributed by atoms with Gasteiger partial charge in [-0.1, -0.05) is 30.3 Å². The minimum Gasteiger partial charge on any atom is -0.484 e.